The molecule has 1 fully saturated rings. The van der Waals surface area contributed by atoms with E-state index in [1.165, 1.54) is 21.7 Å². The molecule has 0 unspecified atom stereocenters. The highest BCUT2D eigenvalue weighted by Crippen LogP contribution is 2.34. The number of nitrogens with zero attached hydrogens (tertiary/aromatic N) is 3. The summed E-state index contributed by atoms with van der Waals surface area (Å²) in [5.41, 5.74) is 0.791. The molecule has 0 spiro atoms. The Kier molecular flexibility index (Phi) is 17.7. The van der Waals surface area contributed by atoms with Crippen molar-refractivity contribution in [2.24, 2.45) is 23.2 Å². The maximum absolute atomic E-state index is 14.3. The quantitative estimate of drug-likeness (QED) is 0.357. The number of aliphatic hydroxyl groups excluding tert-OH is 1. The van der Waals surface area contributed by atoms with Crippen LogP contribution in [0.15, 0.2) is 35.9 Å². The maximum atomic E-state index is 14.3. The first-order chi connectivity index (χ1) is 27.0. The molecule has 1 aromatic rings. The van der Waals surface area contributed by atoms with E-state index in [1.54, 1.807) is 65.9 Å². The number of amides is 4. The molecular weight excluding hydrogens is 759 g/mol. The molecule has 2 aliphatic heterocycles. The summed E-state index contributed by atoms with van der Waals surface area (Å²) in [7, 11) is 6.18. The van der Waals surface area contributed by atoms with Crippen LogP contribution in [-0.4, -0.2) is 131 Å². The second-order valence-electron chi connectivity index (χ2n) is 17.8. The summed E-state index contributed by atoms with van der Waals surface area (Å²) >= 11 is 1.69. The molecule has 3 N–H and O–H groups in total. The molecule has 0 aromatic heterocycles. The summed E-state index contributed by atoms with van der Waals surface area (Å²) in [5.74, 6) is -1.39. The van der Waals surface area contributed by atoms with Crippen molar-refractivity contribution in [2.45, 2.75) is 143 Å². The minimum atomic E-state index is -1.03. The van der Waals surface area contributed by atoms with Gasteiger partial charge in [-0.2, -0.15) is 0 Å². The highest BCUT2D eigenvalue weighted by atomic mass is 32.2. The minimum Gasteiger partial charge on any atom is -0.497 e. The van der Waals surface area contributed by atoms with E-state index in [0.29, 0.717) is 36.3 Å². The van der Waals surface area contributed by atoms with Gasteiger partial charge in [-0.05, 0) is 68.6 Å². The number of hydrogen-bond donors (Lipinski definition) is 3. The van der Waals surface area contributed by atoms with Gasteiger partial charge in [0.2, 0.25) is 23.6 Å². The van der Waals surface area contributed by atoms with Crippen molar-refractivity contribution < 1.29 is 38.6 Å². The molecule has 14 heteroatoms. The SMILES string of the molecule is CC[C@H](C)[C@H]1C(=O)N(C)[C@@H](C)C(=O)O[C@H](C(C)(C)C)C[C@@H](C)C[C@H](O)[C@H](C)[C@@H]2N[C@@H](/C=C(\C)C(=O)N[C@@H](Cc3ccc(OC)cc3)C(=O)N(C)[C@@H](C)C(=O)N1C)CS2. The number of likely N-dealkylation sites (N-methyl/N-ethyl adjacent to an activating group) is 3. The number of thioether (sulfide) groups is 1. The third-order valence-electron chi connectivity index (χ3n) is 12.2. The third-order valence-corrected chi connectivity index (χ3v) is 13.6. The average Bonchev–Trinajstić information content (AvgIpc) is 3.65. The van der Waals surface area contributed by atoms with Crippen molar-refractivity contribution in [1.29, 1.82) is 0 Å². The number of hydrogen-bond acceptors (Lipinski definition) is 10. The number of rotatable bonds is 5. The molecule has 0 aliphatic carbocycles. The van der Waals surface area contributed by atoms with Crippen molar-refractivity contribution in [3.8, 4) is 5.75 Å². The molecule has 3 rings (SSSR count). The van der Waals surface area contributed by atoms with Crippen LogP contribution in [0.2, 0.25) is 0 Å². The van der Waals surface area contributed by atoms with Gasteiger partial charge in [-0.25, -0.2) is 4.79 Å². The highest BCUT2D eigenvalue weighted by molar-refractivity contribution is 8.00. The molecule has 326 valence electrons. The first-order valence-corrected chi connectivity index (χ1v) is 21.7. The van der Waals surface area contributed by atoms with E-state index in [1.807, 2.05) is 66.7 Å². The number of ether oxygens (including phenoxy) is 2. The topological polar surface area (TPSA) is 158 Å². The van der Waals surface area contributed by atoms with Crippen molar-refractivity contribution in [1.82, 2.24) is 25.3 Å². The lowest BCUT2D eigenvalue weighted by molar-refractivity contribution is -0.166. The monoisotopic (exact) mass is 830 g/mol. The van der Waals surface area contributed by atoms with E-state index >= 15 is 0 Å². The summed E-state index contributed by atoms with van der Waals surface area (Å²) in [5, 5.41) is 17.9. The van der Waals surface area contributed by atoms with E-state index < -0.39 is 71.4 Å². The Labute approximate surface area is 351 Å². The van der Waals surface area contributed by atoms with Crippen LogP contribution < -0.4 is 15.4 Å². The van der Waals surface area contributed by atoms with E-state index in [9.17, 15) is 29.1 Å². The van der Waals surface area contributed by atoms with E-state index in [-0.39, 0.29) is 35.6 Å². The zero-order valence-corrected chi connectivity index (χ0v) is 38.1. The Hall–Kier alpha value is -3.62. The van der Waals surface area contributed by atoms with Gasteiger partial charge in [-0.3, -0.25) is 24.5 Å². The Morgan fingerprint density at radius 2 is 1.52 bits per heavy atom. The molecule has 1 saturated heterocycles. The van der Waals surface area contributed by atoms with Crippen LogP contribution in [0, 0.1) is 23.2 Å². The normalized spacial score (nSPS) is 32.4. The van der Waals surface area contributed by atoms with Gasteiger partial charge < -0.3 is 34.6 Å². The molecule has 2 bridgehead atoms. The molecule has 58 heavy (non-hydrogen) atoms. The van der Waals surface area contributed by atoms with Gasteiger partial charge in [-0.15, -0.1) is 11.8 Å². The van der Waals surface area contributed by atoms with E-state index in [4.69, 9.17) is 9.47 Å². The summed E-state index contributed by atoms with van der Waals surface area (Å²) in [6, 6.07) is 3.15. The number of cyclic esters (lactones) is 1. The van der Waals surface area contributed by atoms with Crippen LogP contribution in [0.5, 0.6) is 5.75 Å². The first kappa shape index (κ1) is 48.7. The maximum Gasteiger partial charge on any atom is 0.328 e. The summed E-state index contributed by atoms with van der Waals surface area (Å²) < 4.78 is 11.5. The highest BCUT2D eigenvalue weighted by Gasteiger charge is 2.41. The van der Waals surface area contributed by atoms with E-state index in [2.05, 4.69) is 10.6 Å². The zero-order chi connectivity index (χ0) is 43.8. The lowest BCUT2D eigenvalue weighted by Crippen LogP contribution is -2.59. The number of carbonyl (C=O) groups is 5. The molecular formula is C44H71N5O8S. The summed E-state index contributed by atoms with van der Waals surface area (Å²) in [6.45, 7) is 18.8. The van der Waals surface area contributed by atoms with Crippen molar-refractivity contribution in [3.63, 3.8) is 0 Å². The number of methoxy groups -OCH3 is 1. The fourth-order valence-electron chi connectivity index (χ4n) is 7.47. The van der Waals surface area contributed by atoms with Crippen molar-refractivity contribution >= 4 is 41.4 Å². The Bertz CT molecular complexity index is 1620. The predicted molar refractivity (Wildman–Crippen MR) is 229 cm³/mol. The largest absolute Gasteiger partial charge is 0.497 e. The average molecular weight is 830 g/mol. The van der Waals surface area contributed by atoms with Crippen molar-refractivity contribution in [3.05, 3.63) is 41.5 Å². The van der Waals surface area contributed by atoms with Crippen LogP contribution >= 0.6 is 11.8 Å². The fraction of sp³-hybridized carbons (Fsp3) is 0.705. The lowest BCUT2D eigenvalue weighted by Gasteiger charge is -2.39. The zero-order valence-electron chi connectivity index (χ0n) is 37.3. The fourth-order valence-corrected chi connectivity index (χ4v) is 8.84. The molecule has 2 heterocycles. The number of esters is 1. The predicted octanol–water partition coefficient (Wildman–Crippen LogP) is 4.65. The smallest absolute Gasteiger partial charge is 0.328 e. The van der Waals surface area contributed by atoms with Gasteiger partial charge in [0.05, 0.1) is 18.6 Å². The second kappa shape index (κ2) is 21.1. The second-order valence-corrected chi connectivity index (χ2v) is 19.0. The molecule has 1 aromatic carbocycles. The molecule has 13 nitrogen and oxygen atoms in total. The summed E-state index contributed by atoms with van der Waals surface area (Å²) in [6.07, 6.45) is 2.46. The number of nitrogens with one attached hydrogen (secondary N) is 2. The molecule has 4 amide bonds. The van der Waals surface area contributed by atoms with Gasteiger partial charge in [0, 0.05) is 50.8 Å². The summed E-state index contributed by atoms with van der Waals surface area (Å²) in [4.78, 5) is 74.5. The van der Waals surface area contributed by atoms with Gasteiger partial charge in [0.1, 0.15) is 36.0 Å². The third kappa shape index (κ3) is 12.5. The minimum absolute atomic E-state index is 0.00907. The van der Waals surface area contributed by atoms with Crippen LogP contribution in [0.3, 0.4) is 0 Å². The van der Waals surface area contributed by atoms with Gasteiger partial charge in [0.25, 0.3) is 0 Å². The Morgan fingerprint density at radius 3 is 2.09 bits per heavy atom. The number of aliphatic hydroxyl groups is 1. The molecule has 0 saturated carbocycles. The van der Waals surface area contributed by atoms with Gasteiger partial charge in [-0.1, -0.05) is 73.1 Å². The Balaban J connectivity index is 2.06. The number of carbonyl (C=O) groups excluding carboxylic acids is 5. The van der Waals surface area contributed by atoms with Crippen LogP contribution in [0.4, 0.5) is 0 Å². The van der Waals surface area contributed by atoms with Gasteiger partial charge >= 0.3 is 5.97 Å². The van der Waals surface area contributed by atoms with Crippen molar-refractivity contribution in [2.75, 3.05) is 34.0 Å². The van der Waals surface area contributed by atoms with Crippen LogP contribution in [0.25, 0.3) is 0 Å². The Morgan fingerprint density at radius 1 is 0.914 bits per heavy atom. The first-order valence-electron chi connectivity index (χ1n) is 20.7. The number of fused-ring (bicyclic) bond motifs is 2. The van der Waals surface area contributed by atoms with Crippen LogP contribution in [-0.2, 0) is 35.1 Å². The van der Waals surface area contributed by atoms with Gasteiger partial charge in [0.15, 0.2) is 0 Å². The molecule has 11 atom stereocenters. The molecule has 0 radical (unpaired) electrons. The molecule has 2 aliphatic rings. The van der Waals surface area contributed by atoms with E-state index in [0.717, 1.165) is 5.56 Å². The number of benzene rings is 1. The lowest BCUT2D eigenvalue weighted by atomic mass is 9.81. The standard InChI is InChI=1S/C44H71N5O8S/c1-15-26(3)37-42(54)48(12)30(7)43(55)57-36(44(8,9)10)21-25(2)20-35(50)28(5)39-45-32(24-58-39)22-27(4)38(51)46-34(23-31-16-18-33(56-14)19-17-31)41(53)47(11)29(6)40(52)49(37)13/h16-19,22,25-26,28-30,32,34-37,39,45,50H,15,20-21,23-24H2,1-14H3,(H,46,51)/b27-22+/t25-,26-,28-,29-,30-,32-,34-,35-,36-,37-,39+/m0/s1. The van der Waals surface area contributed by atoms with Crippen LogP contribution in [0.1, 0.15) is 94.1 Å².